The van der Waals surface area contributed by atoms with Crippen molar-refractivity contribution in [3.63, 3.8) is 0 Å². The van der Waals surface area contributed by atoms with Crippen LogP contribution in [-0.2, 0) is 15.1 Å². The van der Waals surface area contributed by atoms with E-state index in [0.29, 0.717) is 6.61 Å². The number of hydrogen-bond donors (Lipinski definition) is 0. The smallest absolute Gasteiger partial charge is 0.220 e. The summed E-state index contributed by atoms with van der Waals surface area (Å²) in [6, 6.07) is 10.5. The van der Waals surface area contributed by atoms with Gasteiger partial charge < -0.3 is 9.47 Å². The average molecular weight is 287 g/mol. The predicted octanol–water partition coefficient (Wildman–Crippen LogP) is 4.07. The molecule has 2 aliphatic heterocycles. The summed E-state index contributed by atoms with van der Waals surface area (Å²) in [6.07, 6.45) is 2.96. The van der Waals surface area contributed by atoms with Crippen molar-refractivity contribution in [1.82, 2.24) is 0 Å². The zero-order valence-corrected chi connectivity index (χ0v) is 13.5. The van der Waals surface area contributed by atoms with Crippen molar-refractivity contribution in [2.75, 3.05) is 6.61 Å². The highest BCUT2D eigenvalue weighted by molar-refractivity contribution is 5.91. The summed E-state index contributed by atoms with van der Waals surface area (Å²) in [7, 11) is 0. The van der Waals surface area contributed by atoms with Gasteiger partial charge in [-0.3, -0.25) is 0 Å². The van der Waals surface area contributed by atoms with Crippen molar-refractivity contribution >= 4 is 5.90 Å². The third kappa shape index (κ3) is 2.10. The molecule has 0 bridgehead atoms. The first-order valence-corrected chi connectivity index (χ1v) is 7.98. The fourth-order valence-electron chi connectivity index (χ4n) is 3.54. The molecule has 2 atom stereocenters. The van der Waals surface area contributed by atoms with Gasteiger partial charge >= 0.3 is 0 Å². The van der Waals surface area contributed by atoms with E-state index in [-0.39, 0.29) is 16.7 Å². The summed E-state index contributed by atoms with van der Waals surface area (Å²) in [4.78, 5) is 4.80. The molecule has 0 aliphatic carbocycles. The second kappa shape index (κ2) is 4.84. The number of ether oxygens (including phenoxy) is 2. The lowest BCUT2D eigenvalue weighted by molar-refractivity contribution is 0.236. The minimum Gasteiger partial charge on any atom is -0.476 e. The molecule has 1 saturated heterocycles. The molecule has 114 valence electrons. The van der Waals surface area contributed by atoms with E-state index in [1.807, 2.05) is 6.07 Å². The van der Waals surface area contributed by atoms with Gasteiger partial charge in [-0.2, -0.15) is 0 Å². The molecule has 2 heterocycles. The van der Waals surface area contributed by atoms with Crippen LogP contribution in [0.3, 0.4) is 0 Å². The van der Waals surface area contributed by atoms with Gasteiger partial charge in [0, 0.05) is 0 Å². The lowest BCUT2D eigenvalue weighted by Gasteiger charge is -2.19. The fraction of sp³-hybridized carbons (Fsp3) is 0.611. The van der Waals surface area contributed by atoms with Crippen LogP contribution in [0.1, 0.15) is 52.5 Å². The zero-order valence-electron chi connectivity index (χ0n) is 13.5. The van der Waals surface area contributed by atoms with E-state index >= 15 is 0 Å². The minimum absolute atomic E-state index is 0.141. The lowest BCUT2D eigenvalue weighted by Crippen LogP contribution is -2.33. The number of epoxide rings is 1. The van der Waals surface area contributed by atoms with Crippen LogP contribution in [0.25, 0.3) is 0 Å². The Balaban J connectivity index is 2.01. The Morgan fingerprint density at radius 1 is 1.10 bits per heavy atom. The summed E-state index contributed by atoms with van der Waals surface area (Å²) < 4.78 is 12.3. The van der Waals surface area contributed by atoms with E-state index < -0.39 is 0 Å². The van der Waals surface area contributed by atoms with E-state index in [1.54, 1.807) is 0 Å². The SMILES string of the molecule is CCCC1(c2ccccc2)OC1(CC)C1=NC(C)(C)CO1. The van der Waals surface area contributed by atoms with Gasteiger partial charge in [0.15, 0.2) is 5.60 Å². The second-order valence-corrected chi connectivity index (χ2v) is 6.74. The Morgan fingerprint density at radius 2 is 1.81 bits per heavy atom. The van der Waals surface area contributed by atoms with Crippen molar-refractivity contribution in [1.29, 1.82) is 0 Å². The van der Waals surface area contributed by atoms with Gasteiger partial charge in [-0.15, -0.1) is 0 Å². The molecule has 2 aliphatic rings. The first-order valence-electron chi connectivity index (χ1n) is 7.98. The summed E-state index contributed by atoms with van der Waals surface area (Å²) >= 11 is 0. The van der Waals surface area contributed by atoms with Gasteiger partial charge in [-0.1, -0.05) is 50.6 Å². The van der Waals surface area contributed by atoms with Crippen molar-refractivity contribution in [2.24, 2.45) is 4.99 Å². The Kier molecular flexibility index (Phi) is 3.36. The molecule has 0 N–H and O–H groups in total. The normalized spacial score (nSPS) is 33.4. The molecule has 1 aromatic rings. The molecular formula is C18H25NO2. The molecule has 0 amide bonds. The maximum atomic E-state index is 6.39. The highest BCUT2D eigenvalue weighted by Gasteiger charge is 2.73. The Morgan fingerprint density at radius 3 is 2.33 bits per heavy atom. The maximum Gasteiger partial charge on any atom is 0.220 e. The number of benzene rings is 1. The van der Waals surface area contributed by atoms with Gasteiger partial charge in [-0.05, 0) is 32.3 Å². The van der Waals surface area contributed by atoms with Crippen LogP contribution >= 0.6 is 0 Å². The van der Waals surface area contributed by atoms with Gasteiger partial charge in [0.2, 0.25) is 5.90 Å². The van der Waals surface area contributed by atoms with Crippen LogP contribution in [0.2, 0.25) is 0 Å². The first kappa shape index (κ1) is 14.6. The summed E-state index contributed by atoms with van der Waals surface area (Å²) in [5, 5.41) is 0. The van der Waals surface area contributed by atoms with Gasteiger partial charge in [0.25, 0.3) is 0 Å². The fourth-order valence-corrected chi connectivity index (χ4v) is 3.54. The topological polar surface area (TPSA) is 34.1 Å². The van der Waals surface area contributed by atoms with Crippen molar-refractivity contribution < 1.29 is 9.47 Å². The third-order valence-electron chi connectivity index (χ3n) is 4.61. The quantitative estimate of drug-likeness (QED) is 0.765. The van der Waals surface area contributed by atoms with Crippen molar-refractivity contribution in [3.8, 4) is 0 Å². The van der Waals surface area contributed by atoms with Crippen molar-refractivity contribution in [3.05, 3.63) is 35.9 Å². The van der Waals surface area contributed by atoms with E-state index in [2.05, 4.69) is 52.0 Å². The Hall–Kier alpha value is -1.35. The highest BCUT2D eigenvalue weighted by atomic mass is 16.7. The first-order chi connectivity index (χ1) is 10.00. The van der Waals surface area contributed by atoms with Crippen LogP contribution in [0.4, 0.5) is 0 Å². The molecule has 3 nitrogen and oxygen atoms in total. The number of rotatable bonds is 5. The molecule has 3 rings (SSSR count). The van der Waals surface area contributed by atoms with E-state index in [9.17, 15) is 0 Å². The minimum atomic E-state index is -0.377. The molecule has 0 saturated carbocycles. The predicted molar refractivity (Wildman–Crippen MR) is 84.6 cm³/mol. The van der Waals surface area contributed by atoms with Gasteiger partial charge in [-0.25, -0.2) is 4.99 Å². The van der Waals surface area contributed by atoms with Gasteiger partial charge in [0.1, 0.15) is 12.2 Å². The standard InChI is InChI=1S/C18H25NO2/c1-5-12-18(14-10-8-7-9-11-14)17(6-2,21-18)15-19-16(3,4)13-20-15/h7-11H,5-6,12-13H2,1-4H3. The van der Waals surface area contributed by atoms with E-state index in [0.717, 1.165) is 25.2 Å². The lowest BCUT2D eigenvalue weighted by atomic mass is 9.81. The Bertz CT molecular complexity index is 552. The van der Waals surface area contributed by atoms with Crippen LogP contribution in [0, 0.1) is 0 Å². The molecule has 1 fully saturated rings. The molecular weight excluding hydrogens is 262 g/mol. The molecule has 0 aromatic heterocycles. The van der Waals surface area contributed by atoms with E-state index in [1.165, 1.54) is 5.56 Å². The summed E-state index contributed by atoms with van der Waals surface area (Å²) in [6.45, 7) is 9.22. The summed E-state index contributed by atoms with van der Waals surface area (Å²) in [5.74, 6) is 0.798. The summed E-state index contributed by atoms with van der Waals surface area (Å²) in [5.41, 5.74) is 0.456. The molecule has 0 radical (unpaired) electrons. The molecule has 0 spiro atoms. The molecule has 21 heavy (non-hydrogen) atoms. The second-order valence-electron chi connectivity index (χ2n) is 6.74. The average Bonchev–Trinajstić information content (AvgIpc) is 3.01. The number of aliphatic imine (C=N–C) groups is 1. The van der Waals surface area contributed by atoms with Crippen LogP contribution < -0.4 is 0 Å². The largest absolute Gasteiger partial charge is 0.476 e. The van der Waals surface area contributed by atoms with Gasteiger partial charge in [0.05, 0.1) is 5.54 Å². The molecule has 3 heteroatoms. The van der Waals surface area contributed by atoms with Crippen LogP contribution in [0.5, 0.6) is 0 Å². The third-order valence-corrected chi connectivity index (χ3v) is 4.61. The molecule has 1 aromatic carbocycles. The number of hydrogen-bond acceptors (Lipinski definition) is 3. The van der Waals surface area contributed by atoms with Crippen LogP contribution in [-0.4, -0.2) is 23.6 Å². The zero-order chi connectivity index (χ0) is 15.1. The maximum absolute atomic E-state index is 6.39. The number of nitrogens with zero attached hydrogens (tertiary/aromatic N) is 1. The van der Waals surface area contributed by atoms with Crippen LogP contribution in [0.15, 0.2) is 35.3 Å². The molecule has 2 unspecified atom stereocenters. The monoisotopic (exact) mass is 287 g/mol. The Labute approximate surface area is 127 Å². The van der Waals surface area contributed by atoms with Crippen molar-refractivity contribution in [2.45, 2.75) is 63.7 Å². The van der Waals surface area contributed by atoms with E-state index in [4.69, 9.17) is 14.5 Å². The highest BCUT2D eigenvalue weighted by Crippen LogP contribution is 2.62.